The van der Waals surface area contributed by atoms with Crippen molar-refractivity contribution in [1.82, 2.24) is 10.2 Å². The van der Waals surface area contributed by atoms with Crippen molar-refractivity contribution in [3.8, 4) is 0 Å². The van der Waals surface area contributed by atoms with E-state index in [4.69, 9.17) is 0 Å². The number of amides is 1. The van der Waals surface area contributed by atoms with E-state index >= 15 is 0 Å². The SMILES string of the molecule is CNC1CCCN(C(=O)C2(CC(C)C)CCC2)C1.Cl. The molecule has 4 heteroatoms. The van der Waals surface area contributed by atoms with Crippen LogP contribution in [0.4, 0.5) is 0 Å². The molecule has 19 heavy (non-hydrogen) atoms. The standard InChI is InChI=1S/C15H28N2O.ClH/c1-12(2)10-15(7-5-8-15)14(18)17-9-4-6-13(11-17)16-3;/h12-13,16H,4-11H2,1-3H3;1H. The molecule has 2 aliphatic rings. The Morgan fingerprint density at radius 1 is 1.37 bits per heavy atom. The maximum atomic E-state index is 12.8. The lowest BCUT2D eigenvalue weighted by molar-refractivity contribution is -0.150. The van der Waals surface area contributed by atoms with Crippen molar-refractivity contribution in [2.75, 3.05) is 20.1 Å². The third-order valence-corrected chi connectivity index (χ3v) is 4.68. The number of carbonyl (C=O) groups is 1. The average molecular weight is 289 g/mol. The number of piperidine rings is 1. The van der Waals surface area contributed by atoms with Crippen molar-refractivity contribution in [3.63, 3.8) is 0 Å². The van der Waals surface area contributed by atoms with Crippen LogP contribution in [0.5, 0.6) is 0 Å². The highest BCUT2D eigenvalue weighted by atomic mass is 35.5. The number of rotatable bonds is 4. The maximum absolute atomic E-state index is 12.8. The number of nitrogens with one attached hydrogen (secondary N) is 1. The van der Waals surface area contributed by atoms with Gasteiger partial charge in [0.1, 0.15) is 0 Å². The van der Waals surface area contributed by atoms with Gasteiger partial charge in [-0.25, -0.2) is 0 Å². The summed E-state index contributed by atoms with van der Waals surface area (Å²) in [5.41, 5.74) is 0.00377. The minimum Gasteiger partial charge on any atom is -0.341 e. The van der Waals surface area contributed by atoms with Crippen LogP contribution in [0.3, 0.4) is 0 Å². The molecule has 1 saturated carbocycles. The molecule has 1 aliphatic heterocycles. The second kappa shape index (κ2) is 6.94. The monoisotopic (exact) mass is 288 g/mol. The van der Waals surface area contributed by atoms with Crippen LogP contribution in [0.1, 0.15) is 52.4 Å². The topological polar surface area (TPSA) is 32.3 Å². The van der Waals surface area contributed by atoms with Crippen LogP contribution < -0.4 is 5.32 Å². The first kappa shape index (κ1) is 16.8. The average Bonchev–Trinajstić information content (AvgIpc) is 2.33. The second-order valence-corrected chi connectivity index (χ2v) is 6.61. The van der Waals surface area contributed by atoms with E-state index in [1.165, 1.54) is 12.8 Å². The molecular formula is C15H29ClN2O. The molecule has 0 aromatic carbocycles. The number of nitrogens with zero attached hydrogens (tertiary/aromatic N) is 1. The molecule has 2 fully saturated rings. The predicted molar refractivity (Wildman–Crippen MR) is 81.6 cm³/mol. The van der Waals surface area contributed by atoms with Gasteiger partial charge in [0.2, 0.25) is 5.91 Å². The summed E-state index contributed by atoms with van der Waals surface area (Å²) in [6, 6.07) is 0.499. The Kier molecular flexibility index (Phi) is 6.13. The van der Waals surface area contributed by atoms with E-state index < -0.39 is 0 Å². The lowest BCUT2D eigenvalue weighted by atomic mass is 9.63. The summed E-state index contributed by atoms with van der Waals surface area (Å²) in [5.74, 6) is 1.07. The normalized spacial score (nSPS) is 25.7. The van der Waals surface area contributed by atoms with Gasteiger partial charge in [0.25, 0.3) is 0 Å². The Morgan fingerprint density at radius 3 is 2.53 bits per heavy atom. The highest BCUT2D eigenvalue weighted by molar-refractivity contribution is 5.85. The molecule has 1 amide bonds. The van der Waals surface area contributed by atoms with Crippen LogP contribution in [-0.2, 0) is 4.79 Å². The van der Waals surface area contributed by atoms with E-state index in [2.05, 4.69) is 24.1 Å². The highest BCUT2D eigenvalue weighted by Gasteiger charge is 2.46. The summed E-state index contributed by atoms with van der Waals surface area (Å²) in [7, 11) is 2.01. The van der Waals surface area contributed by atoms with Crippen LogP contribution in [0.2, 0.25) is 0 Å². The van der Waals surface area contributed by atoms with Crippen LogP contribution >= 0.6 is 12.4 Å². The van der Waals surface area contributed by atoms with E-state index in [-0.39, 0.29) is 17.8 Å². The first-order valence-electron chi connectivity index (χ1n) is 7.54. The minimum atomic E-state index is 0. The zero-order valence-corrected chi connectivity index (χ0v) is 13.4. The largest absolute Gasteiger partial charge is 0.341 e. The zero-order chi connectivity index (χ0) is 13.2. The Hall–Kier alpha value is -0.280. The van der Waals surface area contributed by atoms with Gasteiger partial charge in [0.15, 0.2) is 0 Å². The van der Waals surface area contributed by atoms with Crippen molar-refractivity contribution in [1.29, 1.82) is 0 Å². The third-order valence-electron chi connectivity index (χ3n) is 4.68. The molecule has 112 valence electrons. The molecule has 1 atom stereocenters. The van der Waals surface area contributed by atoms with Crippen molar-refractivity contribution in [3.05, 3.63) is 0 Å². The van der Waals surface area contributed by atoms with Crippen LogP contribution in [-0.4, -0.2) is 37.0 Å². The fourth-order valence-electron chi connectivity index (χ4n) is 3.62. The molecule has 2 rings (SSSR count). The molecular weight excluding hydrogens is 260 g/mol. The van der Waals surface area contributed by atoms with E-state index in [9.17, 15) is 4.79 Å². The summed E-state index contributed by atoms with van der Waals surface area (Å²) in [5, 5.41) is 3.32. The molecule has 0 spiro atoms. The molecule has 0 aromatic heterocycles. The summed E-state index contributed by atoms with van der Waals surface area (Å²) in [4.78, 5) is 14.9. The Bertz CT molecular complexity index is 303. The highest BCUT2D eigenvalue weighted by Crippen LogP contribution is 2.47. The fourth-order valence-corrected chi connectivity index (χ4v) is 3.62. The molecule has 1 aliphatic carbocycles. The second-order valence-electron chi connectivity index (χ2n) is 6.61. The van der Waals surface area contributed by atoms with Gasteiger partial charge in [-0.3, -0.25) is 4.79 Å². The van der Waals surface area contributed by atoms with Crippen LogP contribution in [0.25, 0.3) is 0 Å². The molecule has 0 aromatic rings. The molecule has 0 radical (unpaired) electrons. The summed E-state index contributed by atoms with van der Waals surface area (Å²) in [6.45, 7) is 6.35. The molecule has 3 nitrogen and oxygen atoms in total. The maximum Gasteiger partial charge on any atom is 0.228 e. The first-order valence-corrected chi connectivity index (χ1v) is 7.54. The Balaban J connectivity index is 0.00000180. The number of halogens is 1. The van der Waals surface area contributed by atoms with Gasteiger partial charge >= 0.3 is 0 Å². The first-order chi connectivity index (χ1) is 8.57. The molecule has 0 bridgehead atoms. The lowest BCUT2D eigenvalue weighted by Gasteiger charge is -2.46. The van der Waals surface area contributed by atoms with Gasteiger partial charge in [-0.2, -0.15) is 0 Å². The Labute approximate surface area is 123 Å². The number of hydrogen-bond acceptors (Lipinski definition) is 2. The van der Waals surface area contributed by atoms with Gasteiger partial charge < -0.3 is 10.2 Å². The Morgan fingerprint density at radius 2 is 2.05 bits per heavy atom. The van der Waals surface area contributed by atoms with Gasteiger partial charge in [-0.1, -0.05) is 20.3 Å². The molecule has 1 heterocycles. The van der Waals surface area contributed by atoms with Crippen molar-refractivity contribution >= 4 is 18.3 Å². The minimum absolute atomic E-state index is 0. The summed E-state index contributed by atoms with van der Waals surface area (Å²) < 4.78 is 0. The molecule has 1 N–H and O–H groups in total. The van der Waals surface area contributed by atoms with Gasteiger partial charge in [-0.15, -0.1) is 12.4 Å². The molecule has 1 saturated heterocycles. The van der Waals surface area contributed by atoms with E-state index in [1.54, 1.807) is 0 Å². The molecule has 1 unspecified atom stereocenters. The van der Waals surface area contributed by atoms with Crippen LogP contribution in [0.15, 0.2) is 0 Å². The smallest absolute Gasteiger partial charge is 0.228 e. The quantitative estimate of drug-likeness (QED) is 0.863. The lowest BCUT2D eigenvalue weighted by Crippen LogP contribution is -2.54. The van der Waals surface area contributed by atoms with E-state index in [0.717, 1.165) is 38.8 Å². The van der Waals surface area contributed by atoms with Crippen LogP contribution in [0, 0.1) is 11.3 Å². The van der Waals surface area contributed by atoms with Gasteiger partial charge in [0, 0.05) is 24.5 Å². The van der Waals surface area contributed by atoms with E-state index in [1.807, 2.05) is 7.05 Å². The summed E-state index contributed by atoms with van der Waals surface area (Å²) >= 11 is 0. The van der Waals surface area contributed by atoms with Crippen molar-refractivity contribution < 1.29 is 4.79 Å². The van der Waals surface area contributed by atoms with Gasteiger partial charge in [-0.05, 0) is 45.1 Å². The van der Waals surface area contributed by atoms with Crippen molar-refractivity contribution in [2.24, 2.45) is 11.3 Å². The number of likely N-dealkylation sites (tertiary alicyclic amines) is 1. The van der Waals surface area contributed by atoms with Crippen molar-refractivity contribution in [2.45, 2.75) is 58.4 Å². The number of hydrogen-bond donors (Lipinski definition) is 1. The fraction of sp³-hybridized carbons (Fsp3) is 0.933. The number of likely N-dealkylation sites (N-methyl/N-ethyl adjacent to an activating group) is 1. The number of carbonyl (C=O) groups excluding carboxylic acids is 1. The van der Waals surface area contributed by atoms with E-state index in [0.29, 0.717) is 17.9 Å². The summed E-state index contributed by atoms with van der Waals surface area (Å²) in [6.07, 6.45) is 6.90. The zero-order valence-electron chi connectivity index (χ0n) is 12.6. The predicted octanol–water partition coefficient (Wildman–Crippen LogP) is 2.84. The van der Waals surface area contributed by atoms with Gasteiger partial charge in [0.05, 0.1) is 0 Å². The third kappa shape index (κ3) is 3.63.